The van der Waals surface area contributed by atoms with E-state index in [0.29, 0.717) is 29.0 Å². The van der Waals surface area contributed by atoms with E-state index in [-0.39, 0.29) is 11.6 Å². The first-order valence-corrected chi connectivity index (χ1v) is 11.5. The van der Waals surface area contributed by atoms with E-state index in [1.807, 2.05) is 32.0 Å². The molecule has 3 aromatic rings. The van der Waals surface area contributed by atoms with Crippen LogP contribution in [0.4, 0.5) is 11.4 Å². The number of rotatable bonds is 7. The molecule has 0 atom stereocenters. The molecule has 0 bridgehead atoms. The largest absolute Gasteiger partial charge is 0.372 e. The number of amides is 1. The summed E-state index contributed by atoms with van der Waals surface area (Å²) in [4.78, 5) is 24.2. The quantitative estimate of drug-likeness (QED) is 0.584. The second-order valence-electron chi connectivity index (χ2n) is 8.77. The molecule has 176 valence electrons. The molecule has 0 radical (unpaired) electrons. The van der Waals surface area contributed by atoms with Crippen molar-refractivity contribution in [3.8, 4) is 11.5 Å². The van der Waals surface area contributed by atoms with Crippen LogP contribution < -0.4 is 10.2 Å². The predicted molar refractivity (Wildman–Crippen MR) is 135 cm³/mol. The van der Waals surface area contributed by atoms with Crippen molar-refractivity contribution < 1.29 is 4.79 Å². The summed E-state index contributed by atoms with van der Waals surface area (Å²) < 4.78 is 1.54. The fourth-order valence-corrected chi connectivity index (χ4v) is 3.91. The van der Waals surface area contributed by atoms with Crippen LogP contribution in [-0.2, 0) is 4.79 Å². The Kier molecular flexibility index (Phi) is 6.54. The zero-order chi connectivity index (χ0) is 24.4. The lowest BCUT2D eigenvalue weighted by Crippen LogP contribution is -2.32. The number of aromatic nitrogens is 4. The lowest BCUT2D eigenvalue weighted by atomic mass is 10.1. The summed E-state index contributed by atoms with van der Waals surface area (Å²) in [5, 5.41) is 15.7. The predicted octanol–water partition coefficient (Wildman–Crippen LogP) is 3.52. The molecule has 1 aliphatic rings. The molecule has 4 rings (SSSR count). The molecule has 0 spiro atoms. The first kappa shape index (κ1) is 23.3. The van der Waals surface area contributed by atoms with Crippen molar-refractivity contribution in [1.29, 1.82) is 0 Å². The Morgan fingerprint density at radius 2 is 1.91 bits per heavy atom. The van der Waals surface area contributed by atoms with E-state index in [4.69, 9.17) is 4.99 Å². The van der Waals surface area contributed by atoms with Crippen molar-refractivity contribution in [2.24, 2.45) is 16.0 Å². The van der Waals surface area contributed by atoms with Gasteiger partial charge in [0, 0.05) is 32.0 Å². The van der Waals surface area contributed by atoms with Crippen LogP contribution >= 0.6 is 0 Å². The van der Waals surface area contributed by atoms with Crippen LogP contribution in [0.5, 0.6) is 0 Å². The summed E-state index contributed by atoms with van der Waals surface area (Å²) in [7, 11) is 1.57. The van der Waals surface area contributed by atoms with E-state index in [1.165, 1.54) is 4.68 Å². The number of nitrogens with one attached hydrogen (secondary N) is 1. The highest BCUT2D eigenvalue weighted by Crippen LogP contribution is 2.28. The number of carbonyl (C=O) groups excluding carboxylic acids is 1. The highest BCUT2D eigenvalue weighted by atomic mass is 16.2. The van der Waals surface area contributed by atoms with Gasteiger partial charge in [-0.3, -0.25) is 9.78 Å². The summed E-state index contributed by atoms with van der Waals surface area (Å²) in [6, 6.07) is 9.98. The maximum Gasteiger partial charge on any atom is 0.273 e. The van der Waals surface area contributed by atoms with E-state index < -0.39 is 0 Å². The standard InChI is InChI=1S/C25H30N8O/c1-7-32(14-15(2)3)18-8-9-19(17(5)13-18)28-21-22(25(34)26-6)31-33-23(29-30-24(21)33)20-12-16(4)10-11-27-20/h8-13,15H,7,14H2,1-6H3,(H,26,34). The fraction of sp³-hybridized carbons (Fsp3) is 0.360. The van der Waals surface area contributed by atoms with Crippen LogP contribution in [-0.4, -0.2) is 57.3 Å². The molecule has 9 heteroatoms. The summed E-state index contributed by atoms with van der Waals surface area (Å²) in [5.41, 5.74) is 5.16. The Hall–Kier alpha value is -3.88. The molecule has 0 saturated heterocycles. The van der Waals surface area contributed by atoms with Gasteiger partial charge in [0.05, 0.1) is 5.69 Å². The number of hydrogen-bond donors (Lipinski definition) is 1. The van der Waals surface area contributed by atoms with Crippen LogP contribution in [0, 0.1) is 19.8 Å². The average molecular weight is 459 g/mol. The highest BCUT2D eigenvalue weighted by Gasteiger charge is 2.33. The number of nitrogens with zero attached hydrogens (tertiary/aromatic N) is 7. The Labute approximate surface area is 199 Å². The average Bonchev–Trinajstić information content (AvgIpc) is 3.38. The summed E-state index contributed by atoms with van der Waals surface area (Å²) in [6.45, 7) is 12.5. The molecular weight excluding hydrogens is 428 g/mol. The fourth-order valence-electron chi connectivity index (χ4n) is 3.91. The molecule has 2 aromatic heterocycles. The monoisotopic (exact) mass is 458 g/mol. The highest BCUT2D eigenvalue weighted by molar-refractivity contribution is 6.70. The Morgan fingerprint density at radius 1 is 1.15 bits per heavy atom. The number of benzene rings is 1. The third-order valence-corrected chi connectivity index (χ3v) is 5.61. The summed E-state index contributed by atoms with van der Waals surface area (Å²) in [5.74, 6) is 1.10. The third kappa shape index (κ3) is 4.46. The van der Waals surface area contributed by atoms with Gasteiger partial charge in [0.25, 0.3) is 5.91 Å². The van der Waals surface area contributed by atoms with Crippen LogP contribution in [0.15, 0.2) is 46.6 Å². The number of fused-ring (bicyclic) bond motifs is 1. The van der Waals surface area contributed by atoms with Crippen molar-refractivity contribution in [3.05, 3.63) is 53.5 Å². The maximum absolute atomic E-state index is 12.6. The van der Waals surface area contributed by atoms with E-state index in [1.54, 1.807) is 13.2 Å². The lowest BCUT2D eigenvalue weighted by molar-refractivity contribution is -0.114. The minimum absolute atomic E-state index is 0.194. The maximum atomic E-state index is 12.6. The Morgan fingerprint density at radius 3 is 2.56 bits per heavy atom. The van der Waals surface area contributed by atoms with E-state index >= 15 is 0 Å². The zero-order valence-electron chi connectivity index (χ0n) is 20.5. The minimum atomic E-state index is -0.337. The zero-order valence-corrected chi connectivity index (χ0v) is 20.5. The van der Waals surface area contributed by atoms with Gasteiger partial charge in [-0.15, -0.1) is 10.2 Å². The Balaban J connectivity index is 1.77. The molecule has 0 aliphatic carbocycles. The van der Waals surface area contributed by atoms with Crippen molar-refractivity contribution in [1.82, 2.24) is 25.2 Å². The van der Waals surface area contributed by atoms with Gasteiger partial charge in [-0.2, -0.15) is 9.78 Å². The lowest BCUT2D eigenvalue weighted by Gasteiger charge is -2.25. The van der Waals surface area contributed by atoms with Crippen LogP contribution in [0.25, 0.3) is 11.5 Å². The van der Waals surface area contributed by atoms with Gasteiger partial charge in [0.2, 0.25) is 11.6 Å². The van der Waals surface area contributed by atoms with E-state index in [9.17, 15) is 4.79 Å². The number of carbonyl (C=O) groups is 1. The van der Waals surface area contributed by atoms with Crippen molar-refractivity contribution in [3.63, 3.8) is 0 Å². The Bertz CT molecular complexity index is 1290. The molecule has 1 amide bonds. The van der Waals surface area contributed by atoms with Crippen LogP contribution in [0.3, 0.4) is 0 Å². The van der Waals surface area contributed by atoms with Gasteiger partial charge in [0.1, 0.15) is 11.4 Å². The smallest absolute Gasteiger partial charge is 0.273 e. The van der Waals surface area contributed by atoms with Crippen molar-refractivity contribution in [2.75, 3.05) is 25.0 Å². The summed E-state index contributed by atoms with van der Waals surface area (Å²) in [6.07, 6.45) is 1.71. The molecule has 0 unspecified atom stereocenters. The van der Waals surface area contributed by atoms with Crippen molar-refractivity contribution in [2.45, 2.75) is 34.6 Å². The molecule has 34 heavy (non-hydrogen) atoms. The van der Waals surface area contributed by atoms with Gasteiger partial charge in [-0.1, -0.05) is 13.8 Å². The molecular formula is C25H30N8O. The first-order valence-electron chi connectivity index (χ1n) is 11.5. The van der Waals surface area contributed by atoms with Gasteiger partial charge in [0.15, 0.2) is 5.71 Å². The van der Waals surface area contributed by atoms with Crippen LogP contribution in [0.1, 0.15) is 37.7 Å². The third-order valence-electron chi connectivity index (χ3n) is 5.61. The molecule has 0 fully saturated rings. The topological polar surface area (TPSA) is 101 Å². The molecule has 9 nitrogen and oxygen atoms in total. The number of pyridine rings is 1. The molecule has 1 N–H and O–H groups in total. The molecule has 1 aromatic carbocycles. The second-order valence-corrected chi connectivity index (χ2v) is 8.77. The van der Waals surface area contributed by atoms with E-state index in [0.717, 1.165) is 35.6 Å². The number of aliphatic imine (C=N–C) groups is 1. The van der Waals surface area contributed by atoms with Gasteiger partial charge >= 0.3 is 0 Å². The molecule has 1 aliphatic heterocycles. The van der Waals surface area contributed by atoms with Gasteiger partial charge in [-0.05, 0) is 68.1 Å². The van der Waals surface area contributed by atoms with Gasteiger partial charge in [-0.25, -0.2) is 4.99 Å². The number of aryl methyl sites for hydroxylation is 2. The minimum Gasteiger partial charge on any atom is -0.372 e. The molecule has 3 heterocycles. The second kappa shape index (κ2) is 9.54. The van der Waals surface area contributed by atoms with E-state index in [2.05, 4.69) is 63.4 Å². The number of hydrogen-bond acceptors (Lipinski definition) is 7. The van der Waals surface area contributed by atoms with Crippen LogP contribution in [0.2, 0.25) is 0 Å². The number of anilines is 1. The summed E-state index contributed by atoms with van der Waals surface area (Å²) >= 11 is 0. The first-order chi connectivity index (χ1) is 16.3. The normalized spacial score (nSPS) is 13.9. The van der Waals surface area contributed by atoms with Crippen molar-refractivity contribution >= 4 is 28.7 Å². The SMILES string of the molecule is CCN(CC(C)C)c1ccc(N=C2C(C(=O)NC)=Nn3c2nnc3-c2cc(C)ccn2)c(C)c1. The molecule has 0 saturated carbocycles. The van der Waals surface area contributed by atoms with Gasteiger partial charge < -0.3 is 10.2 Å².